The van der Waals surface area contributed by atoms with Gasteiger partial charge in [0.05, 0.1) is 0 Å². The number of aromatic nitrogens is 1. The molecule has 1 saturated heterocycles. The number of rotatable bonds is 18. The molecule has 1 aliphatic heterocycles. The number of amides is 7. The van der Waals surface area contributed by atoms with Crippen LogP contribution in [0.15, 0.2) is 60.8 Å². The molecule has 17 heteroatoms. The maximum absolute atomic E-state index is 14.3. The van der Waals surface area contributed by atoms with Gasteiger partial charge in [0.1, 0.15) is 30.0 Å². The summed E-state index contributed by atoms with van der Waals surface area (Å²) in [6.07, 6.45) is 2.98. The first kappa shape index (κ1) is 41.1. The molecule has 4 unspecified atom stereocenters. The Bertz CT molecular complexity index is 1800. The summed E-state index contributed by atoms with van der Waals surface area (Å²) in [7, 11) is 1.58. The lowest BCUT2D eigenvalue weighted by Crippen LogP contribution is -2.60. The van der Waals surface area contributed by atoms with Crippen LogP contribution in [0, 0.1) is 0 Å². The number of nitrogens with two attached hydrogens (primary N) is 1. The number of H-pyrrole nitrogens is 1. The molecule has 2 heterocycles. The van der Waals surface area contributed by atoms with Crippen LogP contribution in [-0.2, 0) is 35.2 Å². The number of carbonyl (C=O) groups excluding carboxylic acids is 6. The van der Waals surface area contributed by atoms with Gasteiger partial charge in [-0.05, 0) is 62.3 Å². The van der Waals surface area contributed by atoms with Gasteiger partial charge in [0.15, 0.2) is 0 Å². The van der Waals surface area contributed by atoms with Gasteiger partial charge in [0.2, 0.25) is 29.5 Å². The zero-order chi connectivity index (χ0) is 39.2. The summed E-state index contributed by atoms with van der Waals surface area (Å²) in [6, 6.07) is 11.0. The second-order valence-electron chi connectivity index (χ2n) is 13.1. The molecular formula is C37H47ClN8O8. The van der Waals surface area contributed by atoms with Gasteiger partial charge in [-0.15, -0.1) is 11.6 Å². The summed E-state index contributed by atoms with van der Waals surface area (Å²) in [5.74, 6) is -4.62. The summed E-state index contributed by atoms with van der Waals surface area (Å²) in [5.41, 5.74) is 7.34. The van der Waals surface area contributed by atoms with Crippen molar-refractivity contribution in [2.24, 2.45) is 5.73 Å². The van der Waals surface area contributed by atoms with Crippen molar-refractivity contribution in [3.8, 4) is 0 Å². The molecule has 0 aliphatic carbocycles. The van der Waals surface area contributed by atoms with Crippen LogP contribution < -0.4 is 31.9 Å². The van der Waals surface area contributed by atoms with Crippen molar-refractivity contribution < 1.29 is 38.7 Å². The highest BCUT2D eigenvalue weighted by atomic mass is 35.5. The molecule has 0 bridgehead atoms. The van der Waals surface area contributed by atoms with E-state index in [1.165, 1.54) is 9.80 Å². The lowest BCUT2D eigenvalue weighted by Gasteiger charge is -2.37. The second kappa shape index (κ2) is 20.0. The molecular weight excluding hydrogens is 720 g/mol. The number of nitrogens with zero attached hydrogens (tertiary/aromatic N) is 2. The number of hydrogen-bond donors (Lipinski definition) is 7. The van der Waals surface area contributed by atoms with Crippen LogP contribution in [0.25, 0.3) is 10.9 Å². The van der Waals surface area contributed by atoms with Gasteiger partial charge in [-0.3, -0.25) is 28.8 Å². The van der Waals surface area contributed by atoms with Crippen LogP contribution >= 0.6 is 11.6 Å². The number of hydrogen-bond acceptors (Lipinski definition) is 7. The number of aliphatic carboxylic acids is 1. The van der Waals surface area contributed by atoms with Crippen LogP contribution in [0.4, 0.5) is 10.5 Å². The van der Waals surface area contributed by atoms with E-state index in [0.717, 1.165) is 16.5 Å². The molecule has 0 radical (unpaired) electrons. The highest BCUT2D eigenvalue weighted by molar-refractivity contribution is 6.27. The van der Waals surface area contributed by atoms with Crippen LogP contribution in [-0.4, -0.2) is 107 Å². The van der Waals surface area contributed by atoms with Gasteiger partial charge in [0, 0.05) is 55.8 Å². The standard InChI is InChI=1S/C37H47ClN8O8/c1-45(24-10-3-2-4-11-24)35(52)27(14-9-18-40-37(39)54)43-33(50)29(20-23-22-41-26-13-6-5-12-25(23)26)44-34(51)30-15-7-8-19-46(30)36(53)28(16-17-32(48)49)42-31(47)21-38/h2-6,10-13,22,27-30,41H,7-9,14-21H2,1H3,(H,42,47)(H,43,50)(H,44,51)(H,48,49)(H3,39,40,54). The minimum absolute atomic E-state index is 0.0218. The number of piperidine rings is 1. The molecule has 1 fully saturated rings. The smallest absolute Gasteiger partial charge is 0.312 e. The Morgan fingerprint density at radius 1 is 0.944 bits per heavy atom. The van der Waals surface area contributed by atoms with Gasteiger partial charge in [-0.1, -0.05) is 36.4 Å². The number of aromatic amines is 1. The Morgan fingerprint density at radius 2 is 1.67 bits per heavy atom. The van der Waals surface area contributed by atoms with E-state index >= 15 is 0 Å². The molecule has 3 aromatic rings. The summed E-state index contributed by atoms with van der Waals surface area (Å²) >= 11 is 5.66. The van der Waals surface area contributed by atoms with Crippen molar-refractivity contribution in [1.82, 2.24) is 31.2 Å². The summed E-state index contributed by atoms with van der Waals surface area (Å²) < 4.78 is 0. The summed E-state index contributed by atoms with van der Waals surface area (Å²) in [6.45, 7) is 0.322. The number of para-hydroxylation sites is 2. The molecule has 4 rings (SSSR count). The summed E-state index contributed by atoms with van der Waals surface area (Å²) in [5, 5.41) is 20.7. The van der Waals surface area contributed by atoms with Gasteiger partial charge in [-0.25, -0.2) is 4.79 Å². The van der Waals surface area contributed by atoms with Gasteiger partial charge in [-0.2, -0.15) is 0 Å². The fourth-order valence-electron chi connectivity index (χ4n) is 6.48. The van der Waals surface area contributed by atoms with Crippen molar-refractivity contribution in [3.05, 3.63) is 66.4 Å². The van der Waals surface area contributed by atoms with E-state index in [0.29, 0.717) is 24.9 Å². The number of carbonyl (C=O) groups is 7. The van der Waals surface area contributed by atoms with Crippen LogP contribution in [0.3, 0.4) is 0 Å². The molecule has 0 spiro atoms. The van der Waals surface area contributed by atoms with Crippen LogP contribution in [0.1, 0.15) is 50.5 Å². The number of halogens is 1. The number of primary amides is 1. The van der Waals surface area contributed by atoms with Crippen molar-refractivity contribution in [3.63, 3.8) is 0 Å². The lowest BCUT2D eigenvalue weighted by atomic mass is 9.97. The van der Waals surface area contributed by atoms with E-state index in [1.807, 2.05) is 30.3 Å². The number of likely N-dealkylation sites (N-methyl/N-ethyl adjacent to an activating group) is 1. The maximum atomic E-state index is 14.3. The van der Waals surface area contributed by atoms with E-state index in [9.17, 15) is 38.7 Å². The number of fused-ring (bicyclic) bond motifs is 1. The predicted octanol–water partition coefficient (Wildman–Crippen LogP) is 1.76. The lowest BCUT2D eigenvalue weighted by molar-refractivity contribution is -0.146. The highest BCUT2D eigenvalue weighted by Gasteiger charge is 2.38. The third-order valence-corrected chi connectivity index (χ3v) is 9.52. The average molecular weight is 767 g/mol. The van der Waals surface area contributed by atoms with E-state index in [4.69, 9.17) is 17.3 Å². The fourth-order valence-corrected chi connectivity index (χ4v) is 6.56. The third-order valence-electron chi connectivity index (χ3n) is 9.28. The number of carboxylic acids is 1. The van der Waals surface area contributed by atoms with E-state index < -0.39 is 78.0 Å². The van der Waals surface area contributed by atoms with Crippen LogP contribution in [0.5, 0.6) is 0 Å². The Hall–Kier alpha value is -5.64. The highest BCUT2D eigenvalue weighted by Crippen LogP contribution is 2.22. The van der Waals surface area contributed by atoms with Gasteiger partial charge < -0.3 is 46.9 Å². The average Bonchev–Trinajstić information content (AvgIpc) is 3.58. The normalized spacial score (nSPS) is 15.7. The maximum Gasteiger partial charge on any atom is 0.312 e. The Morgan fingerprint density at radius 3 is 2.37 bits per heavy atom. The SMILES string of the molecule is CN(C(=O)C(CCCNC(N)=O)NC(=O)C(Cc1c[nH]c2ccccc12)NC(=O)C1CCCCN1C(=O)C(CCC(=O)O)NC(=O)CCl)c1ccccc1. The predicted molar refractivity (Wildman–Crippen MR) is 201 cm³/mol. The van der Waals surface area contributed by atoms with Gasteiger partial charge >= 0.3 is 12.0 Å². The van der Waals surface area contributed by atoms with Crippen LogP contribution in [0.2, 0.25) is 0 Å². The molecule has 54 heavy (non-hydrogen) atoms. The molecule has 8 N–H and O–H groups in total. The van der Waals surface area contributed by atoms with E-state index in [-0.39, 0.29) is 38.8 Å². The van der Waals surface area contributed by atoms with E-state index in [1.54, 1.807) is 37.5 Å². The molecule has 1 aromatic heterocycles. The fraction of sp³-hybridized carbons (Fsp3) is 0.432. The first-order chi connectivity index (χ1) is 25.9. The molecule has 2 aromatic carbocycles. The number of nitrogens with one attached hydrogen (secondary N) is 5. The largest absolute Gasteiger partial charge is 0.481 e. The Kier molecular flexibility index (Phi) is 15.2. The molecule has 7 amide bonds. The first-order valence-corrected chi connectivity index (χ1v) is 18.3. The zero-order valence-corrected chi connectivity index (χ0v) is 30.8. The quantitative estimate of drug-likeness (QED) is 0.0743. The van der Waals surface area contributed by atoms with Crippen molar-refractivity contribution in [2.45, 2.75) is 75.5 Å². The molecule has 4 atom stereocenters. The molecule has 16 nitrogen and oxygen atoms in total. The number of benzene rings is 2. The number of anilines is 1. The topological polar surface area (TPSA) is 236 Å². The first-order valence-electron chi connectivity index (χ1n) is 17.8. The van der Waals surface area contributed by atoms with Gasteiger partial charge in [0.25, 0.3) is 0 Å². The Balaban J connectivity index is 1.62. The number of alkyl halides is 1. The number of urea groups is 1. The van der Waals surface area contributed by atoms with Crippen molar-refractivity contribution >= 4 is 69.7 Å². The summed E-state index contributed by atoms with van der Waals surface area (Å²) in [4.78, 5) is 96.8. The molecule has 290 valence electrons. The molecule has 1 aliphatic rings. The van der Waals surface area contributed by atoms with Crippen molar-refractivity contribution in [1.29, 1.82) is 0 Å². The number of carboxylic acid groups (broad SMARTS) is 1. The minimum Gasteiger partial charge on any atom is -0.481 e. The Labute approximate surface area is 317 Å². The van der Waals surface area contributed by atoms with Crippen molar-refractivity contribution in [2.75, 3.05) is 30.9 Å². The number of likely N-dealkylation sites (tertiary alicyclic amines) is 1. The van der Waals surface area contributed by atoms with E-state index in [2.05, 4.69) is 26.3 Å². The second-order valence-corrected chi connectivity index (χ2v) is 13.3. The third kappa shape index (κ3) is 11.4. The minimum atomic E-state index is -1.23. The molecule has 0 saturated carbocycles. The monoisotopic (exact) mass is 766 g/mol. The zero-order valence-electron chi connectivity index (χ0n) is 30.0.